The molecule has 1 aliphatic rings. The van der Waals surface area contributed by atoms with E-state index in [9.17, 15) is 0 Å². The molecule has 0 amide bonds. The highest BCUT2D eigenvalue weighted by Gasteiger charge is 2.32. The van der Waals surface area contributed by atoms with Crippen molar-refractivity contribution in [3.8, 4) is 5.75 Å². The molecule has 1 atom stereocenters. The van der Waals surface area contributed by atoms with Crippen LogP contribution in [0.2, 0.25) is 15.1 Å². The second-order valence-electron chi connectivity index (χ2n) is 6.46. The molecule has 0 spiro atoms. The lowest BCUT2D eigenvalue weighted by atomic mass is 9.97. The number of methoxy groups -OCH3 is 1. The van der Waals surface area contributed by atoms with Crippen LogP contribution in [0, 0.1) is 0 Å². The molecule has 142 valence electrons. The predicted molar refractivity (Wildman–Crippen MR) is 117 cm³/mol. The zero-order chi connectivity index (χ0) is 19.7. The summed E-state index contributed by atoms with van der Waals surface area (Å²) in [5.41, 5.74) is 3.76. The molecule has 3 nitrogen and oxygen atoms in total. The Hall–Kier alpha value is -2.20. The van der Waals surface area contributed by atoms with Crippen molar-refractivity contribution in [1.82, 2.24) is 0 Å². The van der Waals surface area contributed by atoms with Gasteiger partial charge in [0, 0.05) is 22.0 Å². The molecule has 0 unspecified atom stereocenters. The van der Waals surface area contributed by atoms with Crippen LogP contribution in [0.15, 0.2) is 71.8 Å². The van der Waals surface area contributed by atoms with Crippen LogP contribution >= 0.6 is 34.8 Å². The fourth-order valence-electron chi connectivity index (χ4n) is 3.39. The highest BCUT2D eigenvalue weighted by molar-refractivity contribution is 6.35. The predicted octanol–water partition coefficient (Wildman–Crippen LogP) is 7.01. The Morgan fingerprint density at radius 3 is 2.39 bits per heavy atom. The van der Waals surface area contributed by atoms with E-state index >= 15 is 0 Å². The fourth-order valence-corrected chi connectivity index (χ4v) is 3.89. The third kappa shape index (κ3) is 3.70. The van der Waals surface area contributed by atoms with Crippen LogP contribution in [-0.2, 0) is 0 Å². The number of nitrogens with zero attached hydrogens (tertiary/aromatic N) is 2. The first-order valence-electron chi connectivity index (χ1n) is 8.77. The van der Waals surface area contributed by atoms with Gasteiger partial charge >= 0.3 is 0 Å². The summed E-state index contributed by atoms with van der Waals surface area (Å²) in [7, 11) is 1.67. The van der Waals surface area contributed by atoms with E-state index < -0.39 is 0 Å². The molecule has 1 heterocycles. The van der Waals surface area contributed by atoms with Gasteiger partial charge in [-0.2, -0.15) is 5.10 Å². The average Bonchev–Trinajstić information content (AvgIpc) is 3.15. The third-order valence-corrected chi connectivity index (χ3v) is 5.55. The highest BCUT2D eigenvalue weighted by atomic mass is 35.5. The Morgan fingerprint density at radius 2 is 1.64 bits per heavy atom. The van der Waals surface area contributed by atoms with Gasteiger partial charge in [0.15, 0.2) is 0 Å². The molecule has 0 bridgehead atoms. The van der Waals surface area contributed by atoms with E-state index in [1.54, 1.807) is 19.2 Å². The minimum absolute atomic E-state index is 0.0715. The molecule has 28 heavy (non-hydrogen) atoms. The number of rotatable bonds is 4. The molecule has 0 radical (unpaired) electrons. The van der Waals surface area contributed by atoms with E-state index in [2.05, 4.69) is 6.07 Å². The van der Waals surface area contributed by atoms with Crippen molar-refractivity contribution < 1.29 is 4.74 Å². The van der Waals surface area contributed by atoms with Crippen LogP contribution < -0.4 is 9.75 Å². The SMILES string of the molecule is COc1ccccc1[C@@H]1CC(c2ccc(Cl)cc2)=NN1c1cc(Cl)ccc1Cl. The molecule has 3 aromatic rings. The third-order valence-electron chi connectivity index (χ3n) is 4.74. The van der Waals surface area contributed by atoms with Crippen molar-refractivity contribution in [3.63, 3.8) is 0 Å². The molecular formula is C22H17Cl3N2O. The molecule has 6 heteroatoms. The van der Waals surface area contributed by atoms with Gasteiger partial charge in [-0.1, -0.05) is 65.1 Å². The number of hydrogen-bond donors (Lipinski definition) is 0. The Balaban J connectivity index is 1.83. The second-order valence-corrected chi connectivity index (χ2v) is 7.74. The van der Waals surface area contributed by atoms with E-state index in [-0.39, 0.29) is 6.04 Å². The molecule has 0 fully saturated rings. The van der Waals surface area contributed by atoms with E-state index in [0.29, 0.717) is 21.5 Å². The van der Waals surface area contributed by atoms with Crippen molar-refractivity contribution >= 4 is 46.2 Å². The number of benzene rings is 3. The van der Waals surface area contributed by atoms with E-state index in [4.69, 9.17) is 44.6 Å². The number of hydrogen-bond acceptors (Lipinski definition) is 3. The average molecular weight is 432 g/mol. The van der Waals surface area contributed by atoms with Crippen LogP contribution in [-0.4, -0.2) is 12.8 Å². The minimum Gasteiger partial charge on any atom is -0.496 e. The normalized spacial score (nSPS) is 16.2. The summed E-state index contributed by atoms with van der Waals surface area (Å²) < 4.78 is 5.60. The maximum atomic E-state index is 6.50. The van der Waals surface area contributed by atoms with Gasteiger partial charge < -0.3 is 4.74 Å². The molecule has 0 aliphatic carbocycles. The first-order valence-corrected chi connectivity index (χ1v) is 9.91. The second kappa shape index (κ2) is 8.04. The van der Waals surface area contributed by atoms with Gasteiger partial charge in [0.05, 0.1) is 29.6 Å². The lowest BCUT2D eigenvalue weighted by Gasteiger charge is -2.26. The van der Waals surface area contributed by atoms with Gasteiger partial charge in [-0.15, -0.1) is 0 Å². The first kappa shape index (κ1) is 19.1. The fraction of sp³-hybridized carbons (Fsp3) is 0.136. The van der Waals surface area contributed by atoms with Crippen LogP contribution in [0.25, 0.3) is 0 Å². The van der Waals surface area contributed by atoms with Crippen molar-refractivity contribution in [2.24, 2.45) is 5.10 Å². The van der Waals surface area contributed by atoms with E-state index in [1.165, 1.54) is 0 Å². The van der Waals surface area contributed by atoms with Crippen LogP contribution in [0.1, 0.15) is 23.6 Å². The number of ether oxygens (including phenoxy) is 1. The summed E-state index contributed by atoms with van der Waals surface area (Å²) in [6.07, 6.45) is 0.699. The molecule has 0 saturated heterocycles. The van der Waals surface area contributed by atoms with Gasteiger partial charge in [-0.05, 0) is 42.0 Å². The highest BCUT2D eigenvalue weighted by Crippen LogP contribution is 2.43. The number of halogens is 3. The summed E-state index contributed by atoms with van der Waals surface area (Å²) in [5.74, 6) is 0.809. The van der Waals surface area contributed by atoms with E-state index in [1.807, 2.05) is 53.5 Å². The van der Waals surface area contributed by atoms with Gasteiger partial charge in [0.25, 0.3) is 0 Å². The number of para-hydroxylation sites is 1. The van der Waals surface area contributed by atoms with E-state index in [0.717, 1.165) is 28.3 Å². The Morgan fingerprint density at radius 1 is 0.929 bits per heavy atom. The van der Waals surface area contributed by atoms with Crippen molar-refractivity contribution in [2.75, 3.05) is 12.1 Å². The Bertz CT molecular complexity index is 1030. The molecule has 3 aromatic carbocycles. The molecule has 0 saturated carbocycles. The smallest absolute Gasteiger partial charge is 0.124 e. The summed E-state index contributed by atoms with van der Waals surface area (Å²) >= 11 is 18.8. The maximum Gasteiger partial charge on any atom is 0.124 e. The Labute approximate surface area is 179 Å². The molecule has 0 aromatic heterocycles. The lowest BCUT2D eigenvalue weighted by Crippen LogP contribution is -2.19. The quantitative estimate of drug-likeness (QED) is 0.444. The monoisotopic (exact) mass is 430 g/mol. The van der Waals surface area contributed by atoms with Crippen LogP contribution in [0.5, 0.6) is 5.75 Å². The standard InChI is InChI=1S/C22H17Cl3N2O/c1-28-22-5-3-2-4-17(22)20-13-19(14-6-8-15(23)9-7-14)26-27(20)21-12-16(24)10-11-18(21)25/h2-12,20H,13H2,1H3/t20-/m0/s1. The summed E-state index contributed by atoms with van der Waals surface area (Å²) in [5, 5.41) is 8.71. The summed E-state index contributed by atoms with van der Waals surface area (Å²) in [6, 6.07) is 21.0. The number of hydrazone groups is 1. The number of anilines is 1. The summed E-state index contributed by atoms with van der Waals surface area (Å²) in [6.45, 7) is 0. The topological polar surface area (TPSA) is 24.8 Å². The van der Waals surface area contributed by atoms with Gasteiger partial charge in [-0.3, -0.25) is 5.01 Å². The van der Waals surface area contributed by atoms with Crippen LogP contribution in [0.4, 0.5) is 5.69 Å². The van der Waals surface area contributed by atoms with Crippen LogP contribution in [0.3, 0.4) is 0 Å². The maximum absolute atomic E-state index is 6.50. The van der Waals surface area contributed by atoms with Crippen molar-refractivity contribution in [2.45, 2.75) is 12.5 Å². The zero-order valence-electron chi connectivity index (χ0n) is 15.1. The van der Waals surface area contributed by atoms with Gasteiger partial charge in [-0.25, -0.2) is 0 Å². The molecule has 0 N–H and O–H groups in total. The Kier molecular flexibility index (Phi) is 5.49. The van der Waals surface area contributed by atoms with Gasteiger partial charge in [0.2, 0.25) is 0 Å². The van der Waals surface area contributed by atoms with Gasteiger partial charge in [0.1, 0.15) is 5.75 Å². The molecule has 1 aliphatic heterocycles. The first-order chi connectivity index (χ1) is 13.6. The molecular weight excluding hydrogens is 415 g/mol. The largest absolute Gasteiger partial charge is 0.496 e. The molecule has 4 rings (SSSR count). The minimum atomic E-state index is -0.0715. The van der Waals surface area contributed by atoms with Crippen molar-refractivity contribution in [3.05, 3.63) is 92.9 Å². The summed E-state index contributed by atoms with van der Waals surface area (Å²) in [4.78, 5) is 0. The van der Waals surface area contributed by atoms with Crippen molar-refractivity contribution in [1.29, 1.82) is 0 Å². The lowest BCUT2D eigenvalue weighted by molar-refractivity contribution is 0.405. The zero-order valence-corrected chi connectivity index (χ0v) is 17.3.